The third kappa shape index (κ3) is 1.99. The van der Waals surface area contributed by atoms with Gasteiger partial charge in [-0.3, -0.25) is 0 Å². The molecule has 2 aromatic rings. The molecule has 0 amide bonds. The van der Waals surface area contributed by atoms with E-state index in [0.717, 1.165) is 11.6 Å². The van der Waals surface area contributed by atoms with Crippen LogP contribution in [0.4, 0.5) is 0 Å². The van der Waals surface area contributed by atoms with E-state index in [-0.39, 0.29) is 0 Å². The van der Waals surface area contributed by atoms with Crippen LogP contribution in [0.5, 0.6) is 0 Å². The van der Waals surface area contributed by atoms with Crippen molar-refractivity contribution in [1.82, 2.24) is 4.90 Å². The minimum absolute atomic E-state index is 0.810. The van der Waals surface area contributed by atoms with E-state index in [9.17, 15) is 0 Å². The first-order chi connectivity index (χ1) is 8.24. The molecule has 0 fully saturated rings. The van der Waals surface area contributed by atoms with Gasteiger partial charge in [-0.05, 0) is 40.8 Å². The van der Waals surface area contributed by atoms with Crippen molar-refractivity contribution >= 4 is 34.7 Å². The Hall–Kier alpha value is -1.25. The largest absolute Gasteiger partial charge is 0.369 e. The molecule has 0 saturated heterocycles. The third-order valence-corrected chi connectivity index (χ3v) is 4.12. The van der Waals surface area contributed by atoms with E-state index >= 15 is 0 Å². The molecule has 0 N–H and O–H groups in total. The van der Waals surface area contributed by atoms with Crippen molar-refractivity contribution in [2.24, 2.45) is 0 Å². The van der Waals surface area contributed by atoms with Crippen LogP contribution in [0.2, 0.25) is 5.02 Å². The quantitative estimate of drug-likeness (QED) is 0.738. The maximum absolute atomic E-state index is 6.02. The Balaban J connectivity index is 2.10. The molecule has 17 heavy (non-hydrogen) atoms. The summed E-state index contributed by atoms with van der Waals surface area (Å²) in [4.78, 5) is 3.58. The van der Waals surface area contributed by atoms with Gasteiger partial charge in [0.25, 0.3) is 0 Å². The van der Waals surface area contributed by atoms with Crippen molar-refractivity contribution in [3.05, 3.63) is 56.7 Å². The van der Waals surface area contributed by atoms with Crippen LogP contribution in [0.1, 0.15) is 16.0 Å². The Morgan fingerprint density at radius 1 is 1.29 bits per heavy atom. The Bertz CT molecular complexity index is 572. The van der Waals surface area contributed by atoms with E-state index in [4.69, 9.17) is 11.6 Å². The van der Waals surface area contributed by atoms with Gasteiger partial charge in [-0.15, -0.1) is 11.3 Å². The normalized spacial score (nSPS) is 14.5. The predicted octanol–water partition coefficient (Wildman–Crippen LogP) is 4.35. The number of hydrogen-bond donors (Lipinski definition) is 0. The van der Waals surface area contributed by atoms with Crippen LogP contribution in [0.25, 0.3) is 11.8 Å². The number of nitrogens with zero attached hydrogens (tertiary/aromatic N) is 1. The molecule has 0 unspecified atom stereocenters. The molecular weight excluding hydrogens is 250 g/mol. The summed E-state index contributed by atoms with van der Waals surface area (Å²) >= 11 is 7.80. The smallest absolute Gasteiger partial charge is 0.0547 e. The van der Waals surface area contributed by atoms with Gasteiger partial charge < -0.3 is 4.90 Å². The summed E-state index contributed by atoms with van der Waals surface area (Å²) in [5, 5.41) is 2.92. The summed E-state index contributed by atoms with van der Waals surface area (Å²) in [5.41, 5.74) is 3.85. The molecule has 0 aliphatic carbocycles. The molecule has 1 aliphatic rings. The number of benzene rings is 1. The highest BCUT2D eigenvalue weighted by molar-refractivity contribution is 7.11. The van der Waals surface area contributed by atoms with E-state index in [1.54, 1.807) is 11.3 Å². The molecule has 1 aromatic carbocycles. The fraction of sp³-hybridized carbons (Fsp3) is 0.143. The highest BCUT2D eigenvalue weighted by Crippen LogP contribution is 2.32. The lowest BCUT2D eigenvalue weighted by Gasteiger charge is -2.27. The highest BCUT2D eigenvalue weighted by atomic mass is 35.5. The van der Waals surface area contributed by atoms with Crippen molar-refractivity contribution in [3.63, 3.8) is 0 Å². The molecule has 1 aliphatic heterocycles. The minimum Gasteiger partial charge on any atom is -0.369 e. The third-order valence-electron chi connectivity index (χ3n) is 2.99. The standard InChI is InChI=1S/C14H12ClNS/c1-16-9-11-7-12(15)5-4-10(11)8-13(16)14-3-2-6-17-14/h2-8H,9H2,1H3. The summed E-state index contributed by atoms with van der Waals surface area (Å²) in [6, 6.07) is 10.3. The minimum atomic E-state index is 0.810. The van der Waals surface area contributed by atoms with Crippen molar-refractivity contribution in [1.29, 1.82) is 0 Å². The van der Waals surface area contributed by atoms with Crippen LogP contribution in [-0.4, -0.2) is 11.9 Å². The van der Waals surface area contributed by atoms with Crippen LogP contribution in [0, 0.1) is 0 Å². The van der Waals surface area contributed by atoms with Crippen LogP contribution in [0.15, 0.2) is 35.7 Å². The first-order valence-electron chi connectivity index (χ1n) is 5.49. The average Bonchev–Trinajstić information content (AvgIpc) is 2.81. The molecular formula is C14H12ClNS. The molecule has 0 radical (unpaired) electrons. The summed E-state index contributed by atoms with van der Waals surface area (Å²) in [5.74, 6) is 0. The van der Waals surface area contributed by atoms with Crippen molar-refractivity contribution in [3.8, 4) is 0 Å². The molecule has 0 atom stereocenters. The van der Waals surface area contributed by atoms with E-state index in [0.29, 0.717) is 0 Å². The average molecular weight is 262 g/mol. The monoisotopic (exact) mass is 261 g/mol. The number of thiophene rings is 1. The number of halogens is 1. The zero-order chi connectivity index (χ0) is 11.8. The van der Waals surface area contributed by atoms with Gasteiger partial charge >= 0.3 is 0 Å². The number of fused-ring (bicyclic) bond motifs is 1. The van der Waals surface area contributed by atoms with Gasteiger partial charge in [0.1, 0.15) is 0 Å². The fourth-order valence-corrected chi connectivity index (χ4v) is 3.12. The molecule has 3 heteroatoms. The van der Waals surface area contributed by atoms with Gasteiger partial charge in [0, 0.05) is 18.6 Å². The molecule has 3 rings (SSSR count). The van der Waals surface area contributed by atoms with E-state index in [1.165, 1.54) is 21.7 Å². The molecule has 0 bridgehead atoms. The summed E-state index contributed by atoms with van der Waals surface area (Å²) < 4.78 is 0. The maximum atomic E-state index is 6.02. The Morgan fingerprint density at radius 3 is 2.94 bits per heavy atom. The molecule has 86 valence electrons. The van der Waals surface area contributed by atoms with Crippen LogP contribution in [-0.2, 0) is 6.54 Å². The highest BCUT2D eigenvalue weighted by Gasteiger charge is 2.16. The first kappa shape index (κ1) is 10.9. The van der Waals surface area contributed by atoms with E-state index in [2.05, 4.69) is 47.7 Å². The van der Waals surface area contributed by atoms with Gasteiger partial charge in [-0.1, -0.05) is 23.7 Å². The zero-order valence-electron chi connectivity index (χ0n) is 9.48. The Morgan fingerprint density at radius 2 is 2.18 bits per heavy atom. The summed E-state index contributed by atoms with van der Waals surface area (Å²) in [6.45, 7) is 0.916. The van der Waals surface area contributed by atoms with Gasteiger partial charge in [-0.25, -0.2) is 0 Å². The van der Waals surface area contributed by atoms with Gasteiger partial charge in [0.15, 0.2) is 0 Å². The Kier molecular flexibility index (Phi) is 2.69. The van der Waals surface area contributed by atoms with Crippen LogP contribution < -0.4 is 0 Å². The van der Waals surface area contributed by atoms with Crippen LogP contribution >= 0.6 is 22.9 Å². The lowest BCUT2D eigenvalue weighted by atomic mass is 10.0. The molecule has 1 aromatic heterocycles. The molecule has 2 heterocycles. The maximum Gasteiger partial charge on any atom is 0.0547 e. The first-order valence-corrected chi connectivity index (χ1v) is 6.75. The van der Waals surface area contributed by atoms with Gasteiger partial charge in [0.2, 0.25) is 0 Å². The summed E-state index contributed by atoms with van der Waals surface area (Å²) in [7, 11) is 2.12. The summed E-state index contributed by atoms with van der Waals surface area (Å²) in [6.07, 6.45) is 2.24. The lowest BCUT2D eigenvalue weighted by Crippen LogP contribution is -2.19. The van der Waals surface area contributed by atoms with Crippen molar-refractivity contribution in [2.45, 2.75) is 6.54 Å². The molecule has 0 spiro atoms. The molecule has 1 nitrogen and oxygen atoms in total. The lowest BCUT2D eigenvalue weighted by molar-refractivity contribution is 0.473. The van der Waals surface area contributed by atoms with E-state index < -0.39 is 0 Å². The topological polar surface area (TPSA) is 3.24 Å². The second-order valence-corrected chi connectivity index (χ2v) is 5.59. The van der Waals surface area contributed by atoms with Crippen molar-refractivity contribution < 1.29 is 0 Å². The van der Waals surface area contributed by atoms with Gasteiger partial charge in [0.05, 0.1) is 10.6 Å². The fourth-order valence-electron chi connectivity index (χ4n) is 2.13. The number of rotatable bonds is 1. The number of hydrogen-bond acceptors (Lipinski definition) is 2. The van der Waals surface area contributed by atoms with Crippen molar-refractivity contribution in [2.75, 3.05) is 7.05 Å². The van der Waals surface area contributed by atoms with Gasteiger partial charge in [-0.2, -0.15) is 0 Å². The Labute approximate surface area is 110 Å². The second-order valence-electron chi connectivity index (χ2n) is 4.21. The van der Waals surface area contributed by atoms with E-state index in [1.807, 2.05) is 6.07 Å². The van der Waals surface area contributed by atoms with Crippen LogP contribution in [0.3, 0.4) is 0 Å². The zero-order valence-corrected chi connectivity index (χ0v) is 11.1. The predicted molar refractivity (Wildman–Crippen MR) is 75.1 cm³/mol. The molecule has 0 saturated carbocycles. The second kappa shape index (κ2) is 4.21. The SMILES string of the molecule is CN1Cc2cc(Cl)ccc2C=C1c1cccs1.